The summed E-state index contributed by atoms with van der Waals surface area (Å²) in [6, 6.07) is 5.21. The Labute approximate surface area is 129 Å². The highest BCUT2D eigenvalue weighted by Crippen LogP contribution is 2.29. The third kappa shape index (κ3) is 3.72. The molecule has 2 rings (SSSR count). The molecule has 0 saturated carbocycles. The Hall–Kier alpha value is -2.75. The molecule has 1 aromatic carbocycles. The van der Waals surface area contributed by atoms with Crippen molar-refractivity contribution < 1.29 is 22.3 Å². The fourth-order valence-corrected chi connectivity index (χ4v) is 2.07. The highest BCUT2D eigenvalue weighted by Gasteiger charge is 2.19. The first-order chi connectivity index (χ1) is 10.9. The highest BCUT2D eigenvalue weighted by molar-refractivity contribution is 5.62. The van der Waals surface area contributed by atoms with Crippen molar-refractivity contribution in [3.8, 4) is 29.4 Å². The Balaban J connectivity index is 2.57. The summed E-state index contributed by atoms with van der Waals surface area (Å²) in [4.78, 5) is 11.7. The summed E-state index contributed by atoms with van der Waals surface area (Å²) in [5, 5.41) is 0. The zero-order chi connectivity index (χ0) is 17.0. The monoisotopic (exact) mass is 325 g/mol. The topological polar surface area (TPSA) is 31.2 Å². The Bertz CT molecular complexity index is 785. The van der Waals surface area contributed by atoms with Gasteiger partial charge in [-0.3, -0.25) is 4.79 Å². The molecule has 1 aromatic heterocycles. The van der Waals surface area contributed by atoms with Gasteiger partial charge in [-0.1, -0.05) is 12.0 Å². The van der Waals surface area contributed by atoms with Crippen LogP contribution in [0, 0.1) is 24.0 Å². The number of benzene rings is 1. The molecule has 23 heavy (non-hydrogen) atoms. The van der Waals surface area contributed by atoms with Gasteiger partial charge in [0.15, 0.2) is 0 Å². The second-order valence-corrected chi connectivity index (χ2v) is 4.51. The highest BCUT2D eigenvalue weighted by atomic mass is 19.3. The lowest BCUT2D eigenvalue weighted by molar-refractivity contribution is 0.126. The second kappa shape index (κ2) is 7.01. The maximum atomic E-state index is 14.2. The smallest absolute Gasteiger partial charge is 0.256 e. The summed E-state index contributed by atoms with van der Waals surface area (Å²) in [5.74, 6) is -0.0955. The molecule has 0 fully saturated rings. The van der Waals surface area contributed by atoms with Gasteiger partial charge in [-0.15, -0.1) is 6.42 Å². The standard InChI is InChI=1S/C16H11F4NO2/c1-2-6-23-10-7-11(17)16(12(18)8-10)13-4-3-5-15(22)21(13)9-14(19)20/h1,3-5,7-8,14H,6,9H2. The molecule has 0 N–H and O–H groups in total. The summed E-state index contributed by atoms with van der Waals surface area (Å²) in [6.45, 7) is -1.15. The first-order valence-corrected chi connectivity index (χ1v) is 6.47. The van der Waals surface area contributed by atoms with Crippen LogP contribution in [0.1, 0.15) is 0 Å². The van der Waals surface area contributed by atoms with Gasteiger partial charge in [0, 0.05) is 18.2 Å². The van der Waals surface area contributed by atoms with Gasteiger partial charge in [0.25, 0.3) is 12.0 Å². The van der Waals surface area contributed by atoms with Crippen LogP contribution in [0.4, 0.5) is 17.6 Å². The van der Waals surface area contributed by atoms with Gasteiger partial charge < -0.3 is 9.30 Å². The van der Waals surface area contributed by atoms with Crippen molar-refractivity contribution in [2.45, 2.75) is 13.0 Å². The minimum absolute atomic E-state index is 0.139. The molecule has 0 bridgehead atoms. The molecule has 3 nitrogen and oxygen atoms in total. The van der Waals surface area contributed by atoms with Gasteiger partial charge in [0.2, 0.25) is 0 Å². The average Bonchev–Trinajstić information content (AvgIpc) is 2.47. The van der Waals surface area contributed by atoms with Crippen molar-refractivity contribution in [1.82, 2.24) is 4.57 Å². The molecule has 0 spiro atoms. The van der Waals surface area contributed by atoms with Gasteiger partial charge in [-0.05, 0) is 6.07 Å². The zero-order valence-electron chi connectivity index (χ0n) is 11.7. The molecule has 0 radical (unpaired) electrons. The van der Waals surface area contributed by atoms with Crippen LogP contribution in [-0.2, 0) is 6.54 Å². The summed E-state index contributed by atoms with van der Waals surface area (Å²) >= 11 is 0. The Morgan fingerprint density at radius 3 is 2.43 bits per heavy atom. The number of ether oxygens (including phenoxy) is 1. The normalized spacial score (nSPS) is 10.6. The molecule has 0 aliphatic heterocycles. The van der Waals surface area contributed by atoms with Crippen molar-refractivity contribution in [2.24, 2.45) is 0 Å². The van der Waals surface area contributed by atoms with E-state index in [1.807, 2.05) is 0 Å². The minimum Gasteiger partial charge on any atom is -0.481 e. The second-order valence-electron chi connectivity index (χ2n) is 4.51. The quantitative estimate of drug-likeness (QED) is 0.625. The first kappa shape index (κ1) is 16.6. The van der Waals surface area contributed by atoms with Crippen molar-refractivity contribution in [3.63, 3.8) is 0 Å². The Kier molecular flexibility index (Phi) is 5.06. The molecule has 0 unspecified atom stereocenters. The molecule has 1 heterocycles. The van der Waals surface area contributed by atoms with Crippen LogP contribution >= 0.6 is 0 Å². The maximum absolute atomic E-state index is 14.2. The van der Waals surface area contributed by atoms with Crippen LogP contribution in [0.3, 0.4) is 0 Å². The van der Waals surface area contributed by atoms with E-state index in [2.05, 4.69) is 5.92 Å². The van der Waals surface area contributed by atoms with Crippen molar-refractivity contribution in [2.75, 3.05) is 6.61 Å². The van der Waals surface area contributed by atoms with Crippen LogP contribution in [-0.4, -0.2) is 17.6 Å². The van der Waals surface area contributed by atoms with Gasteiger partial charge in [-0.2, -0.15) is 0 Å². The maximum Gasteiger partial charge on any atom is 0.256 e. The number of hydrogen-bond acceptors (Lipinski definition) is 2. The molecule has 0 atom stereocenters. The molecule has 0 saturated heterocycles. The van der Waals surface area contributed by atoms with E-state index < -0.39 is 35.7 Å². The van der Waals surface area contributed by atoms with Crippen LogP contribution in [0.25, 0.3) is 11.3 Å². The Morgan fingerprint density at radius 2 is 1.87 bits per heavy atom. The zero-order valence-corrected chi connectivity index (χ0v) is 11.7. The molecule has 2 aromatic rings. The predicted molar refractivity (Wildman–Crippen MR) is 76.4 cm³/mol. The van der Waals surface area contributed by atoms with Crippen LogP contribution in [0.5, 0.6) is 5.75 Å². The molecular weight excluding hydrogens is 314 g/mol. The van der Waals surface area contributed by atoms with Gasteiger partial charge in [0.1, 0.15) is 24.0 Å². The lowest BCUT2D eigenvalue weighted by Crippen LogP contribution is -2.24. The van der Waals surface area contributed by atoms with Crippen molar-refractivity contribution in [1.29, 1.82) is 0 Å². The fourth-order valence-electron chi connectivity index (χ4n) is 2.07. The number of pyridine rings is 1. The minimum atomic E-state index is -2.85. The van der Waals surface area contributed by atoms with Crippen LogP contribution in [0.15, 0.2) is 35.1 Å². The van der Waals surface area contributed by atoms with Gasteiger partial charge in [-0.25, -0.2) is 17.6 Å². The van der Waals surface area contributed by atoms with Crippen LogP contribution < -0.4 is 10.3 Å². The number of rotatable bonds is 5. The van der Waals surface area contributed by atoms with E-state index in [-0.39, 0.29) is 18.1 Å². The largest absolute Gasteiger partial charge is 0.481 e. The van der Waals surface area contributed by atoms with E-state index in [0.29, 0.717) is 4.57 Å². The fraction of sp³-hybridized carbons (Fsp3) is 0.188. The lowest BCUT2D eigenvalue weighted by atomic mass is 10.1. The molecular formula is C16H11F4NO2. The first-order valence-electron chi connectivity index (χ1n) is 6.47. The number of halogens is 4. The lowest BCUT2D eigenvalue weighted by Gasteiger charge is -2.14. The number of hydrogen-bond donors (Lipinski definition) is 0. The molecule has 0 aliphatic carbocycles. The third-order valence-electron chi connectivity index (χ3n) is 2.96. The summed E-state index contributed by atoms with van der Waals surface area (Å²) < 4.78 is 59.2. The molecule has 0 aliphatic rings. The third-order valence-corrected chi connectivity index (χ3v) is 2.96. The van der Waals surface area contributed by atoms with E-state index in [9.17, 15) is 22.4 Å². The number of alkyl halides is 2. The van der Waals surface area contributed by atoms with Gasteiger partial charge in [0.05, 0.1) is 17.8 Å². The van der Waals surface area contributed by atoms with E-state index >= 15 is 0 Å². The molecule has 120 valence electrons. The van der Waals surface area contributed by atoms with E-state index in [4.69, 9.17) is 11.2 Å². The van der Waals surface area contributed by atoms with Crippen LogP contribution in [0.2, 0.25) is 0 Å². The van der Waals surface area contributed by atoms with E-state index in [1.165, 1.54) is 12.1 Å². The SMILES string of the molecule is C#CCOc1cc(F)c(-c2cccc(=O)n2CC(F)F)c(F)c1. The molecule has 0 amide bonds. The summed E-state index contributed by atoms with van der Waals surface area (Å²) in [5.41, 5.74) is -1.65. The summed E-state index contributed by atoms with van der Waals surface area (Å²) in [6.07, 6.45) is 2.14. The average molecular weight is 325 g/mol. The van der Waals surface area contributed by atoms with E-state index in [0.717, 1.165) is 18.2 Å². The van der Waals surface area contributed by atoms with Gasteiger partial charge >= 0.3 is 0 Å². The van der Waals surface area contributed by atoms with E-state index in [1.54, 1.807) is 0 Å². The predicted octanol–water partition coefficient (Wildman–Crippen LogP) is 3.07. The van der Waals surface area contributed by atoms with Crippen molar-refractivity contribution >= 4 is 0 Å². The number of terminal acetylenes is 1. The number of aromatic nitrogens is 1. The summed E-state index contributed by atoms with van der Waals surface area (Å²) in [7, 11) is 0. The van der Waals surface area contributed by atoms with Crippen molar-refractivity contribution in [3.05, 3.63) is 52.3 Å². The number of nitrogens with zero attached hydrogens (tertiary/aromatic N) is 1. The Morgan fingerprint density at radius 1 is 1.22 bits per heavy atom. The molecule has 7 heteroatoms.